The van der Waals surface area contributed by atoms with Gasteiger partial charge in [-0.1, -0.05) is 0 Å². The highest BCUT2D eigenvalue weighted by molar-refractivity contribution is 7.12. The van der Waals surface area contributed by atoms with E-state index in [1.165, 1.54) is 11.3 Å². The molecule has 5 heteroatoms. The van der Waals surface area contributed by atoms with Crippen LogP contribution in [0.4, 0.5) is 11.4 Å². The van der Waals surface area contributed by atoms with Gasteiger partial charge in [-0.15, -0.1) is 11.3 Å². The first kappa shape index (κ1) is 15.4. The molecule has 2 rings (SSSR count). The molecule has 0 saturated carbocycles. The highest BCUT2D eigenvalue weighted by Gasteiger charge is 2.06. The summed E-state index contributed by atoms with van der Waals surface area (Å²) in [5.41, 5.74) is 3.48. The quantitative estimate of drug-likeness (QED) is 0.859. The van der Waals surface area contributed by atoms with E-state index >= 15 is 0 Å². The maximum absolute atomic E-state index is 10.7. The summed E-state index contributed by atoms with van der Waals surface area (Å²) in [6.07, 6.45) is 0.0984. The fourth-order valence-corrected chi connectivity index (χ4v) is 3.02. The SMILES string of the molecule is Cc1cc(N(C)C)ccc1NCc1ccc(CC(=O)O)s1. The lowest BCUT2D eigenvalue weighted by molar-refractivity contribution is -0.136. The van der Waals surface area contributed by atoms with Crippen LogP contribution in [0.2, 0.25) is 0 Å². The van der Waals surface area contributed by atoms with Crippen molar-refractivity contribution in [2.24, 2.45) is 0 Å². The van der Waals surface area contributed by atoms with Crippen LogP contribution >= 0.6 is 11.3 Å². The second-order valence-corrected chi connectivity index (χ2v) is 6.44. The Kier molecular flexibility index (Phi) is 4.85. The molecule has 0 spiro atoms. The number of hydrogen-bond acceptors (Lipinski definition) is 4. The van der Waals surface area contributed by atoms with E-state index < -0.39 is 5.97 Å². The fourth-order valence-electron chi connectivity index (χ4n) is 2.07. The lowest BCUT2D eigenvalue weighted by atomic mass is 10.1. The minimum Gasteiger partial charge on any atom is -0.481 e. The fraction of sp³-hybridized carbons (Fsp3) is 0.312. The van der Waals surface area contributed by atoms with Gasteiger partial charge in [-0.3, -0.25) is 4.79 Å². The minimum absolute atomic E-state index is 0.0984. The predicted octanol–water partition coefficient (Wildman–Crippen LogP) is 3.36. The Balaban J connectivity index is 1.99. The predicted molar refractivity (Wildman–Crippen MR) is 88.5 cm³/mol. The molecule has 0 bridgehead atoms. The molecule has 0 amide bonds. The number of benzene rings is 1. The molecule has 21 heavy (non-hydrogen) atoms. The summed E-state index contributed by atoms with van der Waals surface area (Å²) in [7, 11) is 4.05. The van der Waals surface area contributed by atoms with Crippen molar-refractivity contribution in [3.63, 3.8) is 0 Å². The zero-order valence-corrected chi connectivity index (χ0v) is 13.3. The molecule has 0 radical (unpaired) electrons. The number of aliphatic carboxylic acids is 1. The molecule has 2 N–H and O–H groups in total. The highest BCUT2D eigenvalue weighted by atomic mass is 32.1. The molecule has 0 fully saturated rings. The summed E-state index contributed by atoms with van der Waals surface area (Å²) < 4.78 is 0. The van der Waals surface area contributed by atoms with E-state index in [0.717, 1.165) is 15.4 Å². The van der Waals surface area contributed by atoms with Crippen molar-refractivity contribution in [2.45, 2.75) is 19.9 Å². The van der Waals surface area contributed by atoms with Crippen molar-refractivity contribution in [3.05, 3.63) is 45.6 Å². The van der Waals surface area contributed by atoms with Gasteiger partial charge in [0, 0.05) is 41.8 Å². The third kappa shape index (κ3) is 4.23. The first-order valence-corrected chi connectivity index (χ1v) is 7.58. The molecule has 1 aromatic heterocycles. The average Bonchev–Trinajstić information content (AvgIpc) is 2.83. The summed E-state index contributed by atoms with van der Waals surface area (Å²) in [5, 5.41) is 12.2. The summed E-state index contributed by atoms with van der Waals surface area (Å²) >= 11 is 1.54. The number of nitrogens with zero attached hydrogens (tertiary/aromatic N) is 1. The molecule has 0 aliphatic rings. The van der Waals surface area contributed by atoms with Crippen molar-refractivity contribution < 1.29 is 9.90 Å². The number of thiophene rings is 1. The summed E-state index contributed by atoms with van der Waals surface area (Å²) in [5.74, 6) is -0.786. The van der Waals surface area contributed by atoms with E-state index in [0.29, 0.717) is 6.54 Å². The Morgan fingerprint density at radius 3 is 2.57 bits per heavy atom. The molecule has 1 heterocycles. The van der Waals surface area contributed by atoms with Gasteiger partial charge >= 0.3 is 5.97 Å². The number of nitrogens with one attached hydrogen (secondary N) is 1. The Morgan fingerprint density at radius 1 is 1.24 bits per heavy atom. The standard InChI is InChI=1S/C16H20N2O2S/c1-11-8-12(18(2)3)4-7-15(11)17-10-14-6-5-13(21-14)9-16(19)20/h4-8,17H,9-10H2,1-3H3,(H,19,20). The average molecular weight is 304 g/mol. The van der Waals surface area contributed by atoms with Gasteiger partial charge in [0.2, 0.25) is 0 Å². The second-order valence-electron chi connectivity index (χ2n) is 5.19. The van der Waals surface area contributed by atoms with Crippen molar-refractivity contribution in [1.82, 2.24) is 0 Å². The molecular weight excluding hydrogens is 284 g/mol. The highest BCUT2D eigenvalue weighted by Crippen LogP contribution is 2.23. The lowest BCUT2D eigenvalue weighted by Crippen LogP contribution is -2.09. The van der Waals surface area contributed by atoms with Crippen LogP contribution in [0.25, 0.3) is 0 Å². The number of carboxylic acid groups (broad SMARTS) is 1. The van der Waals surface area contributed by atoms with Gasteiger partial charge in [-0.05, 0) is 42.8 Å². The van der Waals surface area contributed by atoms with E-state index in [2.05, 4.69) is 35.3 Å². The van der Waals surface area contributed by atoms with Crippen LogP contribution in [0.3, 0.4) is 0 Å². The number of hydrogen-bond donors (Lipinski definition) is 2. The molecule has 112 valence electrons. The Hall–Kier alpha value is -2.01. The van der Waals surface area contributed by atoms with Crippen LogP contribution in [0.5, 0.6) is 0 Å². The first-order valence-electron chi connectivity index (χ1n) is 6.77. The molecule has 0 aliphatic heterocycles. The molecule has 0 saturated heterocycles. The number of rotatable bonds is 6. The van der Waals surface area contributed by atoms with E-state index in [4.69, 9.17) is 5.11 Å². The van der Waals surface area contributed by atoms with Crippen molar-refractivity contribution >= 4 is 28.7 Å². The van der Waals surface area contributed by atoms with Crippen LogP contribution in [-0.2, 0) is 17.8 Å². The van der Waals surface area contributed by atoms with Crippen molar-refractivity contribution in [2.75, 3.05) is 24.3 Å². The number of carbonyl (C=O) groups is 1. The summed E-state index contributed by atoms with van der Waals surface area (Å²) in [4.78, 5) is 14.8. The third-order valence-electron chi connectivity index (χ3n) is 3.22. The zero-order valence-electron chi connectivity index (χ0n) is 12.5. The normalized spacial score (nSPS) is 10.4. The van der Waals surface area contributed by atoms with Gasteiger partial charge in [0.25, 0.3) is 0 Å². The van der Waals surface area contributed by atoms with Gasteiger partial charge in [0.05, 0.1) is 6.42 Å². The van der Waals surface area contributed by atoms with Gasteiger partial charge in [0.1, 0.15) is 0 Å². The number of anilines is 2. The molecule has 0 aliphatic carbocycles. The summed E-state index contributed by atoms with van der Waals surface area (Å²) in [6, 6.07) is 10.2. The van der Waals surface area contributed by atoms with Gasteiger partial charge in [-0.25, -0.2) is 0 Å². The monoisotopic (exact) mass is 304 g/mol. The molecule has 2 aromatic rings. The van der Waals surface area contributed by atoms with E-state index in [-0.39, 0.29) is 6.42 Å². The van der Waals surface area contributed by atoms with Crippen LogP contribution in [0, 0.1) is 6.92 Å². The van der Waals surface area contributed by atoms with Crippen LogP contribution in [0.1, 0.15) is 15.3 Å². The van der Waals surface area contributed by atoms with Crippen molar-refractivity contribution in [3.8, 4) is 0 Å². The van der Waals surface area contributed by atoms with Gasteiger partial charge in [0.15, 0.2) is 0 Å². The Bertz CT molecular complexity index is 635. The topological polar surface area (TPSA) is 52.6 Å². The molecule has 0 atom stereocenters. The largest absolute Gasteiger partial charge is 0.481 e. The second kappa shape index (κ2) is 6.63. The maximum Gasteiger partial charge on any atom is 0.308 e. The maximum atomic E-state index is 10.7. The van der Waals surface area contributed by atoms with Crippen molar-refractivity contribution in [1.29, 1.82) is 0 Å². The minimum atomic E-state index is -0.786. The van der Waals surface area contributed by atoms with Crippen LogP contribution in [-0.4, -0.2) is 25.2 Å². The van der Waals surface area contributed by atoms with Gasteiger partial charge in [-0.2, -0.15) is 0 Å². The zero-order chi connectivity index (χ0) is 15.4. The summed E-state index contributed by atoms with van der Waals surface area (Å²) in [6.45, 7) is 2.80. The molecular formula is C16H20N2O2S. The number of aryl methyl sites for hydroxylation is 1. The van der Waals surface area contributed by atoms with Crippen LogP contribution in [0.15, 0.2) is 30.3 Å². The molecule has 0 unspecified atom stereocenters. The Morgan fingerprint density at radius 2 is 1.95 bits per heavy atom. The Labute approximate surface area is 129 Å². The number of carboxylic acids is 1. The lowest BCUT2D eigenvalue weighted by Gasteiger charge is -2.15. The van der Waals surface area contributed by atoms with Gasteiger partial charge < -0.3 is 15.3 Å². The molecule has 4 nitrogen and oxygen atoms in total. The van der Waals surface area contributed by atoms with Crippen LogP contribution < -0.4 is 10.2 Å². The van der Waals surface area contributed by atoms with E-state index in [1.54, 1.807) is 11.3 Å². The smallest absolute Gasteiger partial charge is 0.308 e. The third-order valence-corrected chi connectivity index (χ3v) is 4.31. The first-order chi connectivity index (χ1) is 9.95. The van der Waals surface area contributed by atoms with E-state index in [9.17, 15) is 4.79 Å². The van der Waals surface area contributed by atoms with E-state index in [1.807, 2.05) is 26.2 Å². The molecule has 1 aromatic carbocycles.